The summed E-state index contributed by atoms with van der Waals surface area (Å²) >= 11 is 0. The van der Waals surface area contributed by atoms with Gasteiger partial charge in [-0.2, -0.15) is 0 Å². The van der Waals surface area contributed by atoms with Gasteiger partial charge in [0.15, 0.2) is 0 Å². The lowest BCUT2D eigenvalue weighted by Gasteiger charge is -2.09. The van der Waals surface area contributed by atoms with Crippen LogP contribution in [0.5, 0.6) is 0 Å². The summed E-state index contributed by atoms with van der Waals surface area (Å²) in [6.45, 7) is 1.88. The molecular weight excluding hydrogens is 457 g/mol. The Balaban J connectivity index is 1.67. The predicted molar refractivity (Wildman–Crippen MR) is 139 cm³/mol. The summed E-state index contributed by atoms with van der Waals surface area (Å²) in [5.74, 6) is 0.376. The Morgan fingerprint density at radius 3 is 2.69 bits per heavy atom. The van der Waals surface area contributed by atoms with E-state index in [1.54, 1.807) is 18.3 Å². The molecule has 2 aromatic carbocycles. The molecule has 5 aromatic rings. The third-order valence-corrected chi connectivity index (χ3v) is 6.06. The van der Waals surface area contributed by atoms with Gasteiger partial charge < -0.3 is 20.4 Å². The Morgan fingerprint density at radius 1 is 1.08 bits per heavy atom. The van der Waals surface area contributed by atoms with E-state index in [-0.39, 0.29) is 18.3 Å². The maximum Gasteiger partial charge on any atom is 0.224 e. The van der Waals surface area contributed by atoms with Crippen LogP contribution in [-0.2, 0) is 11.2 Å². The number of amides is 1. The molecule has 0 unspecified atom stereocenters. The van der Waals surface area contributed by atoms with Crippen LogP contribution < -0.4 is 5.32 Å². The zero-order valence-corrected chi connectivity index (χ0v) is 19.8. The molecule has 0 fully saturated rings. The van der Waals surface area contributed by atoms with Crippen molar-refractivity contribution >= 4 is 22.6 Å². The normalized spacial score (nSPS) is 11.2. The van der Waals surface area contributed by atoms with Crippen molar-refractivity contribution in [1.82, 2.24) is 19.9 Å². The Morgan fingerprint density at radius 2 is 1.92 bits per heavy atom. The van der Waals surface area contributed by atoms with Crippen molar-refractivity contribution in [2.75, 3.05) is 11.9 Å². The Kier molecular flexibility index (Phi) is 6.60. The number of aryl methyl sites for hydroxylation is 1. The standard InChI is InChI=1S/C28H26FN5O2/c1-2-24(36)32-20-6-3-5-18(15-20)22-16-31-28-25(22)21(12-13-30-28)27-26(17-8-10-19(29)11-9-17)33-23(34-27)7-4-14-35/h3,5-6,8-13,15-16,35H,2,4,7,14H2,1H3,(H,30,31)(H,32,36)(H,33,34). The van der Waals surface area contributed by atoms with Gasteiger partial charge in [-0.15, -0.1) is 0 Å². The fourth-order valence-electron chi connectivity index (χ4n) is 4.31. The van der Waals surface area contributed by atoms with Gasteiger partial charge in [0.2, 0.25) is 5.91 Å². The molecule has 7 nitrogen and oxygen atoms in total. The summed E-state index contributed by atoms with van der Waals surface area (Å²) in [6.07, 6.45) is 5.20. The third-order valence-electron chi connectivity index (χ3n) is 6.06. The second-order valence-electron chi connectivity index (χ2n) is 8.51. The number of carbonyl (C=O) groups excluding carboxylic acids is 1. The number of aliphatic hydroxyl groups excluding tert-OH is 1. The van der Waals surface area contributed by atoms with Gasteiger partial charge in [-0.05, 0) is 54.4 Å². The minimum atomic E-state index is -0.314. The monoisotopic (exact) mass is 483 g/mol. The number of aromatic nitrogens is 4. The van der Waals surface area contributed by atoms with E-state index in [1.165, 1.54) is 12.1 Å². The maximum atomic E-state index is 13.6. The minimum absolute atomic E-state index is 0.0507. The highest BCUT2D eigenvalue weighted by molar-refractivity contribution is 6.05. The zero-order valence-electron chi connectivity index (χ0n) is 19.8. The SMILES string of the molecule is CCC(=O)Nc1cccc(-c2c[nH]c3nccc(-c4[nH]c(CCCO)nc4-c4ccc(F)cc4)c23)c1. The molecule has 36 heavy (non-hydrogen) atoms. The number of fused-ring (bicyclic) bond motifs is 1. The smallest absolute Gasteiger partial charge is 0.224 e. The van der Waals surface area contributed by atoms with Crippen molar-refractivity contribution in [2.24, 2.45) is 0 Å². The number of pyridine rings is 1. The minimum Gasteiger partial charge on any atom is -0.396 e. The lowest BCUT2D eigenvalue weighted by Crippen LogP contribution is -2.09. The summed E-state index contributed by atoms with van der Waals surface area (Å²) in [5.41, 5.74) is 6.45. The molecule has 4 N–H and O–H groups in total. The Labute approximate surface area is 207 Å². The lowest BCUT2D eigenvalue weighted by molar-refractivity contribution is -0.115. The van der Waals surface area contributed by atoms with Gasteiger partial charge in [0, 0.05) is 59.6 Å². The van der Waals surface area contributed by atoms with Gasteiger partial charge in [-0.25, -0.2) is 14.4 Å². The van der Waals surface area contributed by atoms with Crippen LogP contribution >= 0.6 is 0 Å². The molecule has 5 rings (SSSR count). The van der Waals surface area contributed by atoms with Crippen molar-refractivity contribution in [3.8, 4) is 33.6 Å². The fourth-order valence-corrected chi connectivity index (χ4v) is 4.31. The number of rotatable bonds is 8. The molecule has 0 bridgehead atoms. The van der Waals surface area contributed by atoms with Crippen molar-refractivity contribution in [1.29, 1.82) is 0 Å². The number of imidazole rings is 1. The number of anilines is 1. The van der Waals surface area contributed by atoms with Crippen LogP contribution in [0.1, 0.15) is 25.6 Å². The highest BCUT2D eigenvalue weighted by atomic mass is 19.1. The van der Waals surface area contributed by atoms with Gasteiger partial charge in [0.05, 0.1) is 11.4 Å². The molecule has 3 aromatic heterocycles. The van der Waals surface area contributed by atoms with Gasteiger partial charge in [-0.3, -0.25) is 4.79 Å². The van der Waals surface area contributed by atoms with Gasteiger partial charge in [0.25, 0.3) is 0 Å². The Hall–Kier alpha value is -4.30. The molecule has 3 heterocycles. The molecule has 8 heteroatoms. The molecule has 0 aliphatic carbocycles. The first-order chi connectivity index (χ1) is 17.6. The van der Waals surface area contributed by atoms with E-state index in [1.807, 2.05) is 43.5 Å². The molecule has 0 saturated carbocycles. The molecule has 0 atom stereocenters. The number of hydrogen-bond acceptors (Lipinski definition) is 4. The van der Waals surface area contributed by atoms with Gasteiger partial charge >= 0.3 is 0 Å². The molecule has 0 aliphatic rings. The van der Waals surface area contributed by atoms with E-state index in [9.17, 15) is 14.3 Å². The molecular formula is C28H26FN5O2. The van der Waals surface area contributed by atoms with Crippen molar-refractivity contribution in [2.45, 2.75) is 26.2 Å². The zero-order chi connectivity index (χ0) is 25.1. The first kappa shape index (κ1) is 23.4. The van der Waals surface area contributed by atoms with Gasteiger partial charge in [0.1, 0.15) is 17.3 Å². The number of halogens is 1. The summed E-state index contributed by atoms with van der Waals surface area (Å²) in [5, 5.41) is 13.1. The second kappa shape index (κ2) is 10.1. The van der Waals surface area contributed by atoms with Crippen LogP contribution in [0.15, 0.2) is 67.0 Å². The molecule has 1 amide bonds. The summed E-state index contributed by atoms with van der Waals surface area (Å²) in [7, 11) is 0. The third kappa shape index (κ3) is 4.63. The van der Waals surface area contributed by atoms with Crippen LogP contribution in [0.3, 0.4) is 0 Å². The summed E-state index contributed by atoms with van der Waals surface area (Å²) < 4.78 is 13.6. The number of nitrogens with one attached hydrogen (secondary N) is 3. The van der Waals surface area contributed by atoms with Crippen LogP contribution in [0, 0.1) is 5.82 Å². The van der Waals surface area contributed by atoms with Crippen molar-refractivity contribution < 1.29 is 14.3 Å². The van der Waals surface area contributed by atoms with E-state index in [4.69, 9.17) is 4.98 Å². The predicted octanol–water partition coefficient (Wildman–Crippen LogP) is 5.70. The summed E-state index contributed by atoms with van der Waals surface area (Å²) in [6, 6.07) is 15.9. The molecule has 0 radical (unpaired) electrons. The number of carbonyl (C=O) groups is 1. The van der Waals surface area contributed by atoms with Crippen molar-refractivity contribution in [3.63, 3.8) is 0 Å². The van der Waals surface area contributed by atoms with E-state index >= 15 is 0 Å². The highest BCUT2D eigenvalue weighted by Gasteiger charge is 2.20. The number of H-pyrrole nitrogens is 2. The Bertz CT molecular complexity index is 1520. The van der Waals surface area contributed by atoms with E-state index in [2.05, 4.69) is 20.3 Å². The first-order valence-electron chi connectivity index (χ1n) is 11.9. The number of aromatic amines is 2. The lowest BCUT2D eigenvalue weighted by atomic mass is 9.98. The largest absolute Gasteiger partial charge is 0.396 e. The van der Waals surface area contributed by atoms with Gasteiger partial charge in [-0.1, -0.05) is 19.1 Å². The quantitative estimate of drug-likeness (QED) is 0.227. The highest BCUT2D eigenvalue weighted by Crippen LogP contribution is 2.39. The molecule has 0 spiro atoms. The molecule has 0 saturated heterocycles. The maximum absolute atomic E-state index is 13.6. The summed E-state index contributed by atoms with van der Waals surface area (Å²) in [4.78, 5) is 28.0. The fraction of sp³-hybridized carbons (Fsp3) is 0.179. The van der Waals surface area contributed by atoms with E-state index in [0.717, 1.165) is 44.8 Å². The molecule has 0 aliphatic heterocycles. The van der Waals surface area contributed by atoms with Crippen LogP contribution in [0.4, 0.5) is 10.1 Å². The van der Waals surface area contributed by atoms with Crippen LogP contribution in [0.25, 0.3) is 44.7 Å². The van der Waals surface area contributed by atoms with E-state index < -0.39 is 0 Å². The second-order valence-corrected chi connectivity index (χ2v) is 8.51. The molecule has 182 valence electrons. The number of hydrogen-bond donors (Lipinski definition) is 4. The number of nitrogens with zero attached hydrogens (tertiary/aromatic N) is 2. The topological polar surface area (TPSA) is 107 Å². The van der Waals surface area contributed by atoms with Crippen LogP contribution in [0.2, 0.25) is 0 Å². The average molecular weight is 484 g/mol. The van der Waals surface area contributed by atoms with Crippen LogP contribution in [-0.4, -0.2) is 37.6 Å². The van der Waals surface area contributed by atoms with E-state index in [0.29, 0.717) is 30.6 Å². The first-order valence-corrected chi connectivity index (χ1v) is 11.9. The number of benzene rings is 2. The number of aliphatic hydroxyl groups is 1. The average Bonchev–Trinajstić information content (AvgIpc) is 3.53. The van der Waals surface area contributed by atoms with Crippen molar-refractivity contribution in [3.05, 3.63) is 78.6 Å².